The SMILES string of the molecule is CCN1CCN(C(=O)CN2CCc3cc(OC)c(OC)cc3C2)CC1. The monoisotopic (exact) mass is 347 g/mol. The summed E-state index contributed by atoms with van der Waals surface area (Å²) >= 11 is 0. The van der Waals surface area contributed by atoms with E-state index in [0.29, 0.717) is 6.54 Å². The lowest BCUT2D eigenvalue weighted by molar-refractivity contribution is -0.134. The first-order valence-electron chi connectivity index (χ1n) is 9.10. The topological polar surface area (TPSA) is 45.2 Å². The lowest BCUT2D eigenvalue weighted by Crippen LogP contribution is -2.51. The summed E-state index contributed by atoms with van der Waals surface area (Å²) in [5, 5.41) is 0. The summed E-state index contributed by atoms with van der Waals surface area (Å²) in [6, 6.07) is 4.11. The molecule has 0 bridgehead atoms. The van der Waals surface area contributed by atoms with Gasteiger partial charge in [-0.05, 0) is 36.2 Å². The number of hydrogen-bond donors (Lipinski definition) is 0. The highest BCUT2D eigenvalue weighted by Crippen LogP contribution is 2.33. The van der Waals surface area contributed by atoms with Crippen molar-refractivity contribution in [2.24, 2.45) is 0 Å². The van der Waals surface area contributed by atoms with Gasteiger partial charge in [-0.25, -0.2) is 0 Å². The Hall–Kier alpha value is -1.79. The molecule has 1 fully saturated rings. The van der Waals surface area contributed by atoms with E-state index in [1.807, 2.05) is 11.0 Å². The molecule has 0 N–H and O–H groups in total. The molecule has 0 spiro atoms. The van der Waals surface area contributed by atoms with E-state index in [1.165, 1.54) is 11.1 Å². The Kier molecular flexibility index (Phi) is 5.81. The van der Waals surface area contributed by atoms with Gasteiger partial charge in [-0.3, -0.25) is 9.69 Å². The van der Waals surface area contributed by atoms with Crippen molar-refractivity contribution in [2.45, 2.75) is 19.9 Å². The van der Waals surface area contributed by atoms with Gasteiger partial charge in [0.25, 0.3) is 0 Å². The third-order valence-corrected chi connectivity index (χ3v) is 5.33. The smallest absolute Gasteiger partial charge is 0.236 e. The van der Waals surface area contributed by atoms with Gasteiger partial charge in [0.15, 0.2) is 11.5 Å². The molecular formula is C19H29N3O3. The standard InChI is InChI=1S/C19H29N3O3/c1-4-20-7-9-22(10-8-20)19(23)14-21-6-5-15-11-17(24-2)18(25-3)12-16(15)13-21/h11-12H,4-10,13-14H2,1-3H3. The molecule has 25 heavy (non-hydrogen) atoms. The van der Waals surface area contributed by atoms with Crippen LogP contribution in [-0.4, -0.2) is 80.6 Å². The van der Waals surface area contributed by atoms with Crippen molar-refractivity contribution in [3.05, 3.63) is 23.3 Å². The van der Waals surface area contributed by atoms with Crippen LogP contribution in [0, 0.1) is 0 Å². The average molecular weight is 347 g/mol. The highest BCUT2D eigenvalue weighted by atomic mass is 16.5. The lowest BCUT2D eigenvalue weighted by Gasteiger charge is -2.36. The van der Waals surface area contributed by atoms with Crippen LogP contribution in [0.1, 0.15) is 18.1 Å². The molecule has 1 aromatic carbocycles. The highest BCUT2D eigenvalue weighted by molar-refractivity contribution is 5.78. The zero-order valence-corrected chi connectivity index (χ0v) is 15.6. The molecule has 2 aliphatic heterocycles. The Bertz CT molecular complexity index is 612. The number of likely N-dealkylation sites (N-methyl/N-ethyl adjacent to an activating group) is 1. The van der Waals surface area contributed by atoms with Crippen LogP contribution >= 0.6 is 0 Å². The largest absolute Gasteiger partial charge is 0.493 e. The Morgan fingerprint density at radius 2 is 1.60 bits per heavy atom. The normalized spacial score (nSPS) is 18.8. The molecule has 6 nitrogen and oxygen atoms in total. The van der Waals surface area contributed by atoms with Crippen molar-refractivity contribution in [1.29, 1.82) is 0 Å². The quantitative estimate of drug-likeness (QED) is 0.802. The van der Waals surface area contributed by atoms with Crippen molar-refractivity contribution >= 4 is 5.91 Å². The summed E-state index contributed by atoms with van der Waals surface area (Å²) < 4.78 is 10.8. The summed E-state index contributed by atoms with van der Waals surface area (Å²) in [6.45, 7) is 9.11. The number of carbonyl (C=O) groups excluding carboxylic acids is 1. The van der Waals surface area contributed by atoms with Crippen LogP contribution in [0.2, 0.25) is 0 Å². The molecule has 0 unspecified atom stereocenters. The van der Waals surface area contributed by atoms with Gasteiger partial charge >= 0.3 is 0 Å². The van der Waals surface area contributed by atoms with Crippen LogP contribution in [0.4, 0.5) is 0 Å². The number of methoxy groups -OCH3 is 2. The van der Waals surface area contributed by atoms with Crippen LogP contribution in [0.25, 0.3) is 0 Å². The molecule has 0 radical (unpaired) electrons. The molecule has 1 saturated heterocycles. The molecule has 2 aliphatic rings. The van der Waals surface area contributed by atoms with E-state index in [0.717, 1.165) is 63.7 Å². The zero-order valence-electron chi connectivity index (χ0n) is 15.6. The van der Waals surface area contributed by atoms with E-state index in [1.54, 1.807) is 14.2 Å². The number of amides is 1. The van der Waals surface area contributed by atoms with E-state index in [2.05, 4.69) is 22.8 Å². The predicted octanol–water partition coefficient (Wildman–Crippen LogP) is 1.23. The molecule has 3 rings (SSSR count). The highest BCUT2D eigenvalue weighted by Gasteiger charge is 2.25. The van der Waals surface area contributed by atoms with Gasteiger partial charge in [-0.15, -0.1) is 0 Å². The number of piperazine rings is 1. The molecule has 2 heterocycles. The molecule has 1 aromatic rings. The first-order chi connectivity index (χ1) is 12.1. The van der Waals surface area contributed by atoms with Gasteiger partial charge in [0.05, 0.1) is 20.8 Å². The van der Waals surface area contributed by atoms with Gasteiger partial charge in [0.1, 0.15) is 0 Å². The number of hydrogen-bond acceptors (Lipinski definition) is 5. The molecule has 6 heteroatoms. The molecule has 0 aliphatic carbocycles. The van der Waals surface area contributed by atoms with E-state index in [-0.39, 0.29) is 5.91 Å². The van der Waals surface area contributed by atoms with Gasteiger partial charge < -0.3 is 19.3 Å². The van der Waals surface area contributed by atoms with E-state index in [9.17, 15) is 4.79 Å². The summed E-state index contributed by atoms with van der Waals surface area (Å²) in [4.78, 5) is 19.3. The third kappa shape index (κ3) is 4.07. The van der Waals surface area contributed by atoms with Crippen molar-refractivity contribution in [2.75, 3.05) is 60.0 Å². The van der Waals surface area contributed by atoms with Gasteiger partial charge in [0.2, 0.25) is 5.91 Å². The van der Waals surface area contributed by atoms with Crippen molar-refractivity contribution in [3.63, 3.8) is 0 Å². The second-order valence-electron chi connectivity index (χ2n) is 6.75. The third-order valence-electron chi connectivity index (χ3n) is 5.33. The number of rotatable bonds is 5. The van der Waals surface area contributed by atoms with Crippen LogP contribution < -0.4 is 9.47 Å². The number of nitrogens with zero attached hydrogens (tertiary/aromatic N) is 3. The van der Waals surface area contributed by atoms with Crippen LogP contribution in [0.5, 0.6) is 11.5 Å². The molecule has 138 valence electrons. The molecule has 0 saturated carbocycles. The minimum absolute atomic E-state index is 0.250. The number of fused-ring (bicyclic) bond motifs is 1. The number of carbonyl (C=O) groups is 1. The number of ether oxygens (including phenoxy) is 2. The lowest BCUT2D eigenvalue weighted by atomic mass is 9.98. The predicted molar refractivity (Wildman–Crippen MR) is 97.2 cm³/mol. The van der Waals surface area contributed by atoms with Crippen molar-refractivity contribution in [1.82, 2.24) is 14.7 Å². The minimum atomic E-state index is 0.250. The Morgan fingerprint density at radius 3 is 2.20 bits per heavy atom. The fourth-order valence-electron chi connectivity index (χ4n) is 3.68. The van der Waals surface area contributed by atoms with Gasteiger partial charge in [-0.1, -0.05) is 6.92 Å². The Morgan fingerprint density at radius 1 is 0.960 bits per heavy atom. The minimum Gasteiger partial charge on any atom is -0.493 e. The first-order valence-corrected chi connectivity index (χ1v) is 9.10. The maximum absolute atomic E-state index is 12.6. The number of benzene rings is 1. The van der Waals surface area contributed by atoms with Crippen LogP contribution in [-0.2, 0) is 17.8 Å². The Balaban J connectivity index is 1.60. The summed E-state index contributed by atoms with van der Waals surface area (Å²) in [5.41, 5.74) is 2.52. The second-order valence-corrected chi connectivity index (χ2v) is 6.75. The fraction of sp³-hybridized carbons (Fsp3) is 0.632. The molecular weight excluding hydrogens is 318 g/mol. The molecule has 1 amide bonds. The van der Waals surface area contributed by atoms with Crippen LogP contribution in [0.3, 0.4) is 0 Å². The summed E-state index contributed by atoms with van der Waals surface area (Å²) in [5.74, 6) is 1.78. The van der Waals surface area contributed by atoms with E-state index in [4.69, 9.17) is 9.47 Å². The molecule has 0 atom stereocenters. The molecule has 0 aromatic heterocycles. The zero-order chi connectivity index (χ0) is 17.8. The van der Waals surface area contributed by atoms with Crippen molar-refractivity contribution < 1.29 is 14.3 Å². The van der Waals surface area contributed by atoms with Crippen LogP contribution in [0.15, 0.2) is 12.1 Å². The van der Waals surface area contributed by atoms with E-state index < -0.39 is 0 Å². The fourth-order valence-corrected chi connectivity index (χ4v) is 3.68. The van der Waals surface area contributed by atoms with E-state index >= 15 is 0 Å². The van der Waals surface area contributed by atoms with Gasteiger partial charge in [-0.2, -0.15) is 0 Å². The average Bonchev–Trinajstić information content (AvgIpc) is 2.66. The Labute approximate surface area is 150 Å². The van der Waals surface area contributed by atoms with Crippen molar-refractivity contribution in [3.8, 4) is 11.5 Å². The first kappa shape index (κ1) is 18.0. The maximum atomic E-state index is 12.6. The van der Waals surface area contributed by atoms with Gasteiger partial charge in [0, 0.05) is 39.3 Å². The summed E-state index contributed by atoms with van der Waals surface area (Å²) in [7, 11) is 3.32. The second kappa shape index (κ2) is 8.06. The maximum Gasteiger partial charge on any atom is 0.236 e. The summed E-state index contributed by atoms with van der Waals surface area (Å²) in [6.07, 6.45) is 0.937.